The van der Waals surface area contributed by atoms with Crippen LogP contribution in [0.5, 0.6) is 0 Å². The second kappa shape index (κ2) is 5.97. The van der Waals surface area contributed by atoms with Gasteiger partial charge in [-0.25, -0.2) is 9.37 Å². The maximum absolute atomic E-state index is 13.7. The lowest BCUT2D eigenvalue weighted by atomic mass is 10.2. The zero-order chi connectivity index (χ0) is 13.8. The molecule has 1 aromatic heterocycles. The summed E-state index contributed by atoms with van der Waals surface area (Å²) in [5.74, 6) is 0.0650. The van der Waals surface area contributed by atoms with E-state index in [9.17, 15) is 9.18 Å². The van der Waals surface area contributed by atoms with E-state index < -0.39 is 11.7 Å². The Morgan fingerprint density at radius 3 is 3.00 bits per heavy atom. The Hall–Kier alpha value is -1.69. The van der Waals surface area contributed by atoms with Crippen LogP contribution in [0.2, 0.25) is 0 Å². The van der Waals surface area contributed by atoms with Gasteiger partial charge in [0, 0.05) is 6.42 Å². The fraction of sp³-hybridized carbons (Fsp3) is 0.231. The molecule has 6 heteroatoms. The van der Waals surface area contributed by atoms with Crippen LogP contribution >= 0.6 is 15.9 Å². The molecule has 0 bridgehead atoms. The average molecular weight is 327 g/mol. The Morgan fingerprint density at radius 2 is 2.32 bits per heavy atom. The monoisotopic (exact) mass is 326 g/mol. The van der Waals surface area contributed by atoms with E-state index >= 15 is 0 Å². The molecule has 1 N–H and O–H groups in total. The molecule has 2 aromatic rings. The molecule has 0 unspecified atom stereocenters. The van der Waals surface area contributed by atoms with Crippen LogP contribution in [0.25, 0.3) is 0 Å². The molecule has 2 rings (SSSR count). The van der Waals surface area contributed by atoms with Gasteiger partial charge in [-0.3, -0.25) is 4.79 Å². The van der Waals surface area contributed by atoms with E-state index in [0.29, 0.717) is 5.89 Å². The Kier molecular flexibility index (Phi) is 4.31. The number of benzene rings is 1. The van der Waals surface area contributed by atoms with Gasteiger partial charge in [0.25, 0.3) is 5.91 Å². The molecule has 0 saturated carbocycles. The molecule has 0 aliphatic rings. The van der Waals surface area contributed by atoms with Crippen LogP contribution in [0, 0.1) is 5.82 Å². The van der Waals surface area contributed by atoms with Gasteiger partial charge in [-0.2, -0.15) is 0 Å². The summed E-state index contributed by atoms with van der Waals surface area (Å²) in [5.41, 5.74) is -0.0170. The van der Waals surface area contributed by atoms with Gasteiger partial charge >= 0.3 is 0 Å². The zero-order valence-electron chi connectivity index (χ0n) is 10.2. The highest BCUT2D eigenvalue weighted by molar-refractivity contribution is 9.10. The van der Waals surface area contributed by atoms with Crippen LogP contribution in [-0.4, -0.2) is 10.9 Å². The van der Waals surface area contributed by atoms with E-state index in [2.05, 4.69) is 26.2 Å². The molecule has 1 amide bonds. The molecule has 100 valence electrons. The van der Waals surface area contributed by atoms with E-state index in [1.165, 1.54) is 12.1 Å². The summed E-state index contributed by atoms with van der Waals surface area (Å²) in [7, 11) is 0. The smallest absolute Gasteiger partial charge is 0.254 e. The van der Waals surface area contributed by atoms with Crippen molar-refractivity contribution in [2.75, 3.05) is 0 Å². The number of oxazole rings is 1. The third-order valence-electron chi connectivity index (χ3n) is 2.55. The number of nitrogens with one attached hydrogen (secondary N) is 1. The standard InChI is InChI=1S/C13H12BrFN2O2/c1-2-8-6-16-11(19-8)7-17-13(18)9-4-3-5-10(14)12(9)15/h3-6H,2,7H2,1H3,(H,17,18). The normalized spacial score (nSPS) is 10.5. The third kappa shape index (κ3) is 3.20. The molecule has 19 heavy (non-hydrogen) atoms. The van der Waals surface area contributed by atoms with Crippen LogP contribution in [0.1, 0.15) is 28.9 Å². The highest BCUT2D eigenvalue weighted by Gasteiger charge is 2.14. The summed E-state index contributed by atoms with van der Waals surface area (Å²) in [6.07, 6.45) is 2.35. The predicted molar refractivity (Wildman–Crippen MR) is 71.2 cm³/mol. The molecular weight excluding hydrogens is 315 g/mol. The Labute approximate surface area is 118 Å². The minimum absolute atomic E-state index is 0.0170. The quantitative estimate of drug-likeness (QED) is 0.939. The summed E-state index contributed by atoms with van der Waals surface area (Å²) in [6.45, 7) is 2.07. The van der Waals surface area contributed by atoms with Crippen LogP contribution in [0.4, 0.5) is 4.39 Å². The molecule has 4 nitrogen and oxygen atoms in total. The largest absolute Gasteiger partial charge is 0.444 e. The van der Waals surface area contributed by atoms with Gasteiger partial charge in [0.05, 0.1) is 22.8 Å². The number of nitrogens with zero attached hydrogens (tertiary/aromatic N) is 1. The van der Waals surface area contributed by atoms with Crippen molar-refractivity contribution in [3.63, 3.8) is 0 Å². The number of aromatic nitrogens is 1. The molecule has 0 saturated heterocycles. The Bertz CT molecular complexity index is 598. The predicted octanol–water partition coefficient (Wildman–Crippen LogP) is 3.07. The summed E-state index contributed by atoms with van der Waals surface area (Å²) in [4.78, 5) is 15.8. The molecule has 0 aliphatic carbocycles. The second-order valence-electron chi connectivity index (χ2n) is 3.86. The molecule has 1 heterocycles. The van der Waals surface area contributed by atoms with Gasteiger partial charge in [0.2, 0.25) is 5.89 Å². The first-order chi connectivity index (χ1) is 9.11. The number of carbonyl (C=O) groups is 1. The second-order valence-corrected chi connectivity index (χ2v) is 4.71. The van der Waals surface area contributed by atoms with Gasteiger partial charge in [0.15, 0.2) is 0 Å². The first-order valence-electron chi connectivity index (χ1n) is 5.77. The van der Waals surface area contributed by atoms with E-state index in [-0.39, 0.29) is 16.6 Å². The first-order valence-corrected chi connectivity index (χ1v) is 6.57. The van der Waals surface area contributed by atoms with Crippen molar-refractivity contribution >= 4 is 21.8 Å². The maximum Gasteiger partial charge on any atom is 0.254 e. The van der Waals surface area contributed by atoms with Crippen molar-refractivity contribution in [2.24, 2.45) is 0 Å². The number of rotatable bonds is 4. The first kappa shape index (κ1) is 13.7. The molecule has 1 aromatic carbocycles. The van der Waals surface area contributed by atoms with E-state index in [1.54, 1.807) is 12.3 Å². The minimum atomic E-state index is -0.582. The average Bonchev–Trinajstić information content (AvgIpc) is 2.87. The molecule has 0 radical (unpaired) electrons. The number of aryl methyl sites for hydroxylation is 1. The van der Waals surface area contributed by atoms with Gasteiger partial charge in [0.1, 0.15) is 11.6 Å². The number of halogens is 2. The lowest BCUT2D eigenvalue weighted by Crippen LogP contribution is -2.24. The molecule has 0 atom stereocenters. The Morgan fingerprint density at radius 1 is 1.53 bits per heavy atom. The van der Waals surface area contributed by atoms with Crippen molar-refractivity contribution in [3.8, 4) is 0 Å². The van der Waals surface area contributed by atoms with Crippen molar-refractivity contribution in [3.05, 3.63) is 51.9 Å². The Balaban J connectivity index is 2.03. The number of carbonyl (C=O) groups excluding carboxylic acids is 1. The summed E-state index contributed by atoms with van der Waals surface area (Å²) in [5, 5.41) is 2.56. The highest BCUT2D eigenvalue weighted by Crippen LogP contribution is 2.18. The van der Waals surface area contributed by atoms with Crippen molar-refractivity contribution in [1.29, 1.82) is 0 Å². The number of hydrogen-bond acceptors (Lipinski definition) is 3. The van der Waals surface area contributed by atoms with Crippen molar-refractivity contribution in [1.82, 2.24) is 10.3 Å². The van der Waals surface area contributed by atoms with Crippen LogP contribution in [0.3, 0.4) is 0 Å². The summed E-state index contributed by atoms with van der Waals surface area (Å²) < 4.78 is 19.3. The molecular formula is C13H12BrFN2O2. The topological polar surface area (TPSA) is 55.1 Å². The van der Waals surface area contributed by atoms with Crippen LogP contribution < -0.4 is 5.32 Å². The SMILES string of the molecule is CCc1cnc(CNC(=O)c2cccc(Br)c2F)o1. The summed E-state index contributed by atoms with van der Waals surface area (Å²) in [6, 6.07) is 4.55. The number of hydrogen-bond donors (Lipinski definition) is 1. The fourth-order valence-electron chi connectivity index (χ4n) is 1.52. The van der Waals surface area contributed by atoms with Crippen molar-refractivity contribution in [2.45, 2.75) is 19.9 Å². The minimum Gasteiger partial charge on any atom is -0.444 e. The molecule has 0 spiro atoms. The van der Waals surface area contributed by atoms with Crippen LogP contribution in [0.15, 0.2) is 33.3 Å². The zero-order valence-corrected chi connectivity index (χ0v) is 11.8. The lowest BCUT2D eigenvalue weighted by Gasteiger charge is -2.05. The maximum atomic E-state index is 13.7. The molecule has 0 fully saturated rings. The summed E-state index contributed by atoms with van der Waals surface area (Å²) >= 11 is 3.04. The van der Waals surface area contributed by atoms with Gasteiger partial charge in [-0.15, -0.1) is 0 Å². The highest BCUT2D eigenvalue weighted by atomic mass is 79.9. The number of amides is 1. The van der Waals surface area contributed by atoms with Crippen molar-refractivity contribution < 1.29 is 13.6 Å². The third-order valence-corrected chi connectivity index (χ3v) is 3.16. The van der Waals surface area contributed by atoms with E-state index in [1.807, 2.05) is 6.92 Å². The van der Waals surface area contributed by atoms with E-state index in [4.69, 9.17) is 4.42 Å². The molecule has 0 aliphatic heterocycles. The fourth-order valence-corrected chi connectivity index (χ4v) is 1.89. The van der Waals surface area contributed by atoms with Gasteiger partial charge in [-0.1, -0.05) is 13.0 Å². The van der Waals surface area contributed by atoms with Gasteiger partial charge in [-0.05, 0) is 28.1 Å². The van der Waals surface area contributed by atoms with Gasteiger partial charge < -0.3 is 9.73 Å². The lowest BCUT2D eigenvalue weighted by molar-refractivity contribution is 0.0943. The van der Waals surface area contributed by atoms with E-state index in [0.717, 1.165) is 12.2 Å². The van der Waals surface area contributed by atoms with Crippen LogP contribution in [-0.2, 0) is 13.0 Å².